The average Bonchev–Trinajstić information content (AvgIpc) is 3.47. The van der Waals surface area contributed by atoms with Crippen LogP contribution in [0.1, 0.15) is 41.6 Å². The van der Waals surface area contributed by atoms with Gasteiger partial charge in [-0.25, -0.2) is 0 Å². The van der Waals surface area contributed by atoms with Gasteiger partial charge in [0.05, 0.1) is 12.2 Å². The molecule has 1 amide bonds. The third-order valence-corrected chi connectivity index (χ3v) is 8.64. The Morgan fingerprint density at radius 3 is 2.61 bits per heavy atom. The van der Waals surface area contributed by atoms with Crippen LogP contribution in [0.15, 0.2) is 65.2 Å². The van der Waals surface area contributed by atoms with Crippen LogP contribution in [0, 0.1) is 17.2 Å². The van der Waals surface area contributed by atoms with Gasteiger partial charge in [0.1, 0.15) is 29.2 Å². The molecule has 0 aliphatic carbocycles. The summed E-state index contributed by atoms with van der Waals surface area (Å²) in [6, 6.07) is 19.5. The van der Waals surface area contributed by atoms with E-state index in [-0.39, 0.29) is 18.1 Å². The van der Waals surface area contributed by atoms with Crippen molar-refractivity contribution < 1.29 is 18.7 Å². The van der Waals surface area contributed by atoms with E-state index < -0.39 is 0 Å². The summed E-state index contributed by atoms with van der Waals surface area (Å²) in [4.78, 5) is 19.9. The van der Waals surface area contributed by atoms with E-state index in [0.29, 0.717) is 40.7 Å². The van der Waals surface area contributed by atoms with Gasteiger partial charge < -0.3 is 24.1 Å². The molecule has 8 rings (SSSR count). The summed E-state index contributed by atoms with van der Waals surface area (Å²) < 4.78 is 17.9. The molecule has 0 saturated carbocycles. The number of hydrogen-bond donors (Lipinski definition) is 1. The van der Waals surface area contributed by atoms with Crippen molar-refractivity contribution in [3.8, 4) is 34.3 Å². The highest BCUT2D eigenvalue weighted by atomic mass is 16.5. The lowest BCUT2D eigenvalue weighted by atomic mass is 9.84. The molecule has 2 aromatic carbocycles. The van der Waals surface area contributed by atoms with Crippen molar-refractivity contribution in [2.75, 3.05) is 32.8 Å². The number of ether oxygens (including phenoxy) is 2. The lowest BCUT2D eigenvalue weighted by molar-refractivity contribution is 0.00732. The summed E-state index contributed by atoms with van der Waals surface area (Å²) in [5, 5.41) is 13.1. The van der Waals surface area contributed by atoms with Crippen molar-refractivity contribution in [3.05, 3.63) is 71.9 Å². The molecule has 208 valence electrons. The lowest BCUT2D eigenvalue weighted by Gasteiger charge is -2.44. The maximum atomic E-state index is 13.0. The molecule has 8 nitrogen and oxygen atoms in total. The fourth-order valence-corrected chi connectivity index (χ4v) is 6.35. The second kappa shape index (κ2) is 11.0. The molecule has 2 atom stereocenters. The minimum absolute atomic E-state index is 0.0272. The zero-order chi connectivity index (χ0) is 27.8. The number of aromatic nitrogens is 1. The van der Waals surface area contributed by atoms with Crippen molar-refractivity contribution in [3.63, 3.8) is 0 Å². The Bertz CT molecular complexity index is 1610. The van der Waals surface area contributed by atoms with E-state index in [1.54, 1.807) is 6.20 Å². The number of hydrogen-bond acceptors (Lipinski definition) is 7. The smallest absolute Gasteiger partial charge is 0.251 e. The largest absolute Gasteiger partial charge is 0.487 e. The number of benzene rings is 2. The van der Waals surface area contributed by atoms with E-state index in [9.17, 15) is 10.1 Å². The third-order valence-electron chi connectivity index (χ3n) is 8.64. The number of nitriles is 1. The van der Waals surface area contributed by atoms with Crippen LogP contribution in [-0.4, -0.2) is 60.8 Å². The molecular weight excluding hydrogens is 516 g/mol. The first-order chi connectivity index (χ1) is 20.1. The number of nitrogens with zero attached hydrogens (tertiary/aromatic N) is 3. The van der Waals surface area contributed by atoms with Crippen LogP contribution in [-0.2, 0) is 4.74 Å². The SMILES string of the molecule is N#Cc1cc(-c2ccnc3cc(-c4ccc(C(=O)NC5CN6CCC5CC6)cc4)oc23)ccc1OC1CCCOC1. The number of pyridine rings is 1. The highest BCUT2D eigenvalue weighted by Crippen LogP contribution is 2.36. The van der Waals surface area contributed by atoms with Crippen LogP contribution in [0.25, 0.3) is 33.6 Å². The van der Waals surface area contributed by atoms with Gasteiger partial charge in [-0.05, 0) is 80.6 Å². The molecule has 4 aromatic rings. The minimum Gasteiger partial charge on any atom is -0.487 e. The van der Waals surface area contributed by atoms with Crippen LogP contribution in [0.3, 0.4) is 0 Å². The lowest BCUT2D eigenvalue weighted by Crippen LogP contribution is -2.57. The predicted molar refractivity (Wildman–Crippen MR) is 154 cm³/mol. The molecule has 0 spiro atoms. The highest BCUT2D eigenvalue weighted by molar-refractivity contribution is 5.95. The Morgan fingerprint density at radius 1 is 1.05 bits per heavy atom. The topological polar surface area (TPSA) is 101 Å². The summed E-state index contributed by atoms with van der Waals surface area (Å²) in [6.07, 6.45) is 5.90. The molecule has 4 aliphatic rings. The molecule has 2 aromatic heterocycles. The van der Waals surface area contributed by atoms with Crippen LogP contribution in [0.2, 0.25) is 0 Å². The zero-order valence-corrected chi connectivity index (χ0v) is 22.8. The monoisotopic (exact) mass is 548 g/mol. The van der Waals surface area contributed by atoms with Crippen molar-refractivity contribution >= 4 is 17.0 Å². The van der Waals surface area contributed by atoms with E-state index >= 15 is 0 Å². The van der Waals surface area contributed by atoms with E-state index in [1.807, 2.05) is 54.6 Å². The van der Waals surface area contributed by atoms with E-state index in [4.69, 9.17) is 13.9 Å². The van der Waals surface area contributed by atoms with Gasteiger partial charge >= 0.3 is 0 Å². The van der Waals surface area contributed by atoms with Gasteiger partial charge in [0.25, 0.3) is 5.91 Å². The minimum atomic E-state index is -0.0419. The Kier molecular flexibility index (Phi) is 6.91. The van der Waals surface area contributed by atoms with Crippen molar-refractivity contribution in [2.24, 2.45) is 5.92 Å². The van der Waals surface area contributed by atoms with Gasteiger partial charge in [0.15, 0.2) is 5.58 Å². The van der Waals surface area contributed by atoms with Crippen molar-refractivity contribution in [1.29, 1.82) is 5.26 Å². The Morgan fingerprint density at radius 2 is 1.88 bits per heavy atom. The molecule has 0 radical (unpaired) electrons. The number of amides is 1. The molecule has 41 heavy (non-hydrogen) atoms. The van der Waals surface area contributed by atoms with Crippen LogP contribution < -0.4 is 10.1 Å². The van der Waals surface area contributed by atoms with Gasteiger partial charge in [-0.15, -0.1) is 0 Å². The fourth-order valence-electron chi connectivity index (χ4n) is 6.35. The second-order valence-electron chi connectivity index (χ2n) is 11.3. The van der Waals surface area contributed by atoms with E-state index in [1.165, 1.54) is 0 Å². The maximum Gasteiger partial charge on any atom is 0.251 e. The van der Waals surface area contributed by atoms with Crippen LogP contribution >= 0.6 is 0 Å². The van der Waals surface area contributed by atoms with E-state index in [0.717, 1.165) is 74.1 Å². The zero-order valence-electron chi connectivity index (χ0n) is 22.8. The third kappa shape index (κ3) is 5.19. The van der Waals surface area contributed by atoms with Gasteiger partial charge in [0, 0.05) is 48.1 Å². The standard InChI is InChI=1S/C33H32N4O4/c34-18-25-16-24(7-8-30(25)40-26-2-1-15-39-20-26)27-9-12-35-28-17-31(41-32(27)28)22-3-5-23(6-4-22)33(38)36-29-19-37-13-10-21(29)11-14-37/h3-9,12,16-17,21,26,29H,1-2,10-11,13-15,19-20H2,(H,36,38). The van der Waals surface area contributed by atoms with Gasteiger partial charge in [0.2, 0.25) is 0 Å². The molecular formula is C33H32N4O4. The first-order valence-electron chi connectivity index (χ1n) is 14.5. The molecule has 1 N–H and O–H groups in total. The molecule has 2 unspecified atom stereocenters. The molecule has 6 heterocycles. The number of rotatable bonds is 6. The summed E-state index contributed by atoms with van der Waals surface area (Å²) in [5.74, 6) is 1.79. The highest BCUT2D eigenvalue weighted by Gasteiger charge is 2.35. The summed E-state index contributed by atoms with van der Waals surface area (Å²) in [6.45, 7) is 4.54. The molecule has 2 bridgehead atoms. The second-order valence-corrected chi connectivity index (χ2v) is 11.3. The number of carbonyl (C=O) groups is 1. The average molecular weight is 549 g/mol. The number of nitrogens with one attached hydrogen (secondary N) is 1. The summed E-state index contributed by atoms with van der Waals surface area (Å²) >= 11 is 0. The molecule has 8 heteroatoms. The molecule has 4 fully saturated rings. The normalized spacial score (nSPS) is 23.7. The Labute approximate surface area is 238 Å². The van der Waals surface area contributed by atoms with Gasteiger partial charge in [-0.2, -0.15) is 5.26 Å². The fraction of sp³-hybridized carbons (Fsp3) is 0.364. The number of carbonyl (C=O) groups excluding carboxylic acids is 1. The summed E-state index contributed by atoms with van der Waals surface area (Å²) in [5.41, 5.74) is 5.04. The summed E-state index contributed by atoms with van der Waals surface area (Å²) in [7, 11) is 0. The van der Waals surface area contributed by atoms with Gasteiger partial charge in [-0.3, -0.25) is 9.78 Å². The number of fused-ring (bicyclic) bond motifs is 4. The number of furan rings is 1. The first-order valence-corrected chi connectivity index (χ1v) is 14.5. The van der Waals surface area contributed by atoms with Gasteiger partial charge in [-0.1, -0.05) is 18.2 Å². The predicted octanol–water partition coefficient (Wildman–Crippen LogP) is 5.42. The van der Waals surface area contributed by atoms with Crippen molar-refractivity contribution in [2.45, 2.75) is 37.8 Å². The van der Waals surface area contributed by atoms with Crippen molar-refractivity contribution in [1.82, 2.24) is 15.2 Å². The first kappa shape index (κ1) is 25.8. The Hall–Kier alpha value is -4.19. The quantitative estimate of drug-likeness (QED) is 0.344. The van der Waals surface area contributed by atoms with E-state index in [2.05, 4.69) is 21.3 Å². The van der Waals surface area contributed by atoms with Crippen LogP contribution in [0.4, 0.5) is 0 Å². The molecule has 4 aliphatic heterocycles. The molecule has 4 saturated heterocycles. The maximum absolute atomic E-state index is 13.0. The van der Waals surface area contributed by atoms with Crippen LogP contribution in [0.5, 0.6) is 5.75 Å². The number of piperidine rings is 3. The Balaban J connectivity index is 1.11.